The molecule has 3 nitrogen and oxygen atoms in total. The van der Waals surface area contributed by atoms with Crippen molar-refractivity contribution in [3.63, 3.8) is 0 Å². The van der Waals surface area contributed by atoms with Crippen LogP contribution < -0.4 is 10.6 Å². The van der Waals surface area contributed by atoms with Gasteiger partial charge < -0.3 is 10.6 Å². The van der Waals surface area contributed by atoms with Gasteiger partial charge in [-0.05, 0) is 61.3 Å². The Morgan fingerprint density at radius 3 is 3.00 bits per heavy atom. The predicted octanol–water partition coefficient (Wildman–Crippen LogP) is 2.25. The van der Waals surface area contributed by atoms with Gasteiger partial charge in [0.25, 0.3) is 5.91 Å². The van der Waals surface area contributed by atoms with Gasteiger partial charge in [0, 0.05) is 18.2 Å². The van der Waals surface area contributed by atoms with Gasteiger partial charge in [0.1, 0.15) is 0 Å². The van der Waals surface area contributed by atoms with E-state index in [0.29, 0.717) is 6.04 Å². The zero-order valence-corrected chi connectivity index (χ0v) is 11.8. The van der Waals surface area contributed by atoms with Crippen molar-refractivity contribution in [1.82, 2.24) is 10.6 Å². The summed E-state index contributed by atoms with van der Waals surface area (Å²) < 4.78 is 0. The molecule has 1 aromatic rings. The number of amides is 1. The largest absolute Gasteiger partial charge is 0.349 e. The molecule has 0 saturated heterocycles. The molecule has 0 radical (unpaired) electrons. The van der Waals surface area contributed by atoms with E-state index in [-0.39, 0.29) is 5.91 Å². The molecule has 3 unspecified atom stereocenters. The molecule has 3 heteroatoms. The van der Waals surface area contributed by atoms with Crippen LogP contribution in [0.5, 0.6) is 0 Å². The van der Waals surface area contributed by atoms with Gasteiger partial charge in [0.2, 0.25) is 0 Å². The first-order valence-electron chi connectivity index (χ1n) is 7.93. The number of benzene rings is 1. The summed E-state index contributed by atoms with van der Waals surface area (Å²) in [5.74, 6) is 1.77. The highest BCUT2D eigenvalue weighted by Gasteiger charge is 2.40. The summed E-state index contributed by atoms with van der Waals surface area (Å²) in [6, 6.07) is 6.57. The van der Waals surface area contributed by atoms with Crippen LogP contribution in [0.2, 0.25) is 0 Å². The molecule has 106 valence electrons. The second kappa shape index (κ2) is 4.88. The SMILES string of the molecule is O=C(NC1CC2CCC1C2)c1cccc2c1CCNC2. The number of carbonyl (C=O) groups is 1. The highest BCUT2D eigenvalue weighted by molar-refractivity contribution is 5.96. The van der Waals surface area contributed by atoms with E-state index in [2.05, 4.69) is 16.7 Å². The Labute approximate surface area is 120 Å². The van der Waals surface area contributed by atoms with Crippen LogP contribution in [0.15, 0.2) is 18.2 Å². The van der Waals surface area contributed by atoms with Gasteiger partial charge in [-0.1, -0.05) is 18.6 Å². The lowest BCUT2D eigenvalue weighted by molar-refractivity contribution is 0.0921. The Balaban J connectivity index is 1.54. The Hall–Kier alpha value is -1.35. The summed E-state index contributed by atoms with van der Waals surface area (Å²) >= 11 is 0. The van der Waals surface area contributed by atoms with Crippen molar-refractivity contribution < 1.29 is 4.79 Å². The molecule has 3 atom stereocenters. The quantitative estimate of drug-likeness (QED) is 0.865. The molecule has 2 saturated carbocycles. The second-order valence-corrected chi connectivity index (χ2v) is 6.62. The van der Waals surface area contributed by atoms with Crippen LogP contribution in [-0.2, 0) is 13.0 Å². The van der Waals surface area contributed by atoms with Crippen LogP contribution >= 0.6 is 0 Å². The molecule has 1 aromatic carbocycles. The van der Waals surface area contributed by atoms with Crippen molar-refractivity contribution in [3.8, 4) is 0 Å². The number of nitrogens with one attached hydrogen (secondary N) is 2. The molecular formula is C17H22N2O. The zero-order valence-electron chi connectivity index (χ0n) is 11.8. The minimum atomic E-state index is 0.154. The molecule has 2 bridgehead atoms. The van der Waals surface area contributed by atoms with Gasteiger partial charge in [-0.15, -0.1) is 0 Å². The van der Waals surface area contributed by atoms with E-state index in [4.69, 9.17) is 0 Å². The monoisotopic (exact) mass is 270 g/mol. The summed E-state index contributed by atoms with van der Waals surface area (Å²) in [5.41, 5.74) is 3.45. The standard InChI is InChI=1S/C17H22N2O/c20-17(19-16-9-11-4-5-12(16)8-11)15-3-1-2-13-10-18-7-6-14(13)15/h1-3,11-12,16,18H,4-10H2,(H,19,20). The molecule has 4 rings (SSSR count). The molecule has 1 aliphatic heterocycles. The third kappa shape index (κ3) is 2.05. The first-order valence-corrected chi connectivity index (χ1v) is 7.93. The zero-order chi connectivity index (χ0) is 13.5. The molecular weight excluding hydrogens is 248 g/mol. The number of carbonyl (C=O) groups excluding carboxylic acids is 1. The fourth-order valence-electron chi connectivity index (χ4n) is 4.41. The van der Waals surface area contributed by atoms with Crippen LogP contribution in [0.4, 0.5) is 0 Å². The fraction of sp³-hybridized carbons (Fsp3) is 0.588. The molecule has 1 heterocycles. The second-order valence-electron chi connectivity index (χ2n) is 6.62. The highest BCUT2D eigenvalue weighted by atomic mass is 16.1. The van der Waals surface area contributed by atoms with Gasteiger partial charge in [0.15, 0.2) is 0 Å². The number of hydrogen-bond acceptors (Lipinski definition) is 2. The van der Waals surface area contributed by atoms with E-state index in [1.807, 2.05) is 12.1 Å². The van der Waals surface area contributed by atoms with Gasteiger partial charge in [-0.25, -0.2) is 0 Å². The molecule has 0 aromatic heterocycles. The van der Waals surface area contributed by atoms with Crippen molar-refractivity contribution in [1.29, 1.82) is 0 Å². The predicted molar refractivity (Wildman–Crippen MR) is 78.6 cm³/mol. The average Bonchev–Trinajstić information content (AvgIpc) is 3.09. The van der Waals surface area contributed by atoms with Crippen molar-refractivity contribution in [2.75, 3.05) is 6.54 Å². The van der Waals surface area contributed by atoms with Crippen molar-refractivity contribution >= 4 is 5.91 Å². The third-order valence-corrected chi connectivity index (χ3v) is 5.44. The molecule has 0 spiro atoms. The lowest BCUT2D eigenvalue weighted by atomic mass is 9.93. The van der Waals surface area contributed by atoms with Gasteiger partial charge >= 0.3 is 0 Å². The Morgan fingerprint density at radius 1 is 1.25 bits per heavy atom. The Kier molecular flexibility index (Phi) is 3.03. The van der Waals surface area contributed by atoms with Crippen molar-refractivity contribution in [2.24, 2.45) is 11.8 Å². The Bertz CT molecular complexity index is 540. The molecule has 3 aliphatic rings. The van der Waals surface area contributed by atoms with Crippen LogP contribution in [-0.4, -0.2) is 18.5 Å². The maximum Gasteiger partial charge on any atom is 0.251 e. The van der Waals surface area contributed by atoms with E-state index < -0.39 is 0 Å². The fourth-order valence-corrected chi connectivity index (χ4v) is 4.41. The number of fused-ring (bicyclic) bond motifs is 3. The maximum atomic E-state index is 12.6. The Morgan fingerprint density at radius 2 is 2.20 bits per heavy atom. The van der Waals surface area contributed by atoms with Gasteiger partial charge in [-0.3, -0.25) is 4.79 Å². The minimum Gasteiger partial charge on any atom is -0.349 e. The lowest BCUT2D eigenvalue weighted by Gasteiger charge is -2.25. The average molecular weight is 270 g/mol. The van der Waals surface area contributed by atoms with E-state index >= 15 is 0 Å². The first-order chi connectivity index (χ1) is 9.81. The molecule has 2 N–H and O–H groups in total. The summed E-state index contributed by atoms with van der Waals surface area (Å²) in [7, 11) is 0. The van der Waals surface area contributed by atoms with Crippen LogP contribution in [0.25, 0.3) is 0 Å². The third-order valence-electron chi connectivity index (χ3n) is 5.44. The van der Waals surface area contributed by atoms with Crippen molar-refractivity contribution in [2.45, 2.75) is 44.7 Å². The highest BCUT2D eigenvalue weighted by Crippen LogP contribution is 2.44. The number of hydrogen-bond donors (Lipinski definition) is 2. The summed E-state index contributed by atoms with van der Waals surface area (Å²) in [5, 5.41) is 6.69. The molecule has 20 heavy (non-hydrogen) atoms. The van der Waals surface area contributed by atoms with Crippen LogP contribution in [0, 0.1) is 11.8 Å². The van der Waals surface area contributed by atoms with Crippen LogP contribution in [0.3, 0.4) is 0 Å². The summed E-state index contributed by atoms with van der Waals surface area (Å²) in [4.78, 5) is 12.6. The van der Waals surface area contributed by atoms with E-state index in [1.165, 1.54) is 36.8 Å². The maximum absolute atomic E-state index is 12.6. The van der Waals surface area contributed by atoms with E-state index in [0.717, 1.165) is 36.9 Å². The normalized spacial score (nSPS) is 31.1. The van der Waals surface area contributed by atoms with Crippen molar-refractivity contribution in [3.05, 3.63) is 34.9 Å². The van der Waals surface area contributed by atoms with Crippen LogP contribution in [0.1, 0.15) is 47.2 Å². The smallest absolute Gasteiger partial charge is 0.251 e. The van der Waals surface area contributed by atoms with Gasteiger partial charge in [0.05, 0.1) is 0 Å². The lowest BCUT2D eigenvalue weighted by Crippen LogP contribution is -2.39. The molecule has 1 amide bonds. The number of rotatable bonds is 2. The summed E-state index contributed by atoms with van der Waals surface area (Å²) in [6.45, 7) is 1.87. The first kappa shape index (κ1) is 12.4. The van der Waals surface area contributed by atoms with Gasteiger partial charge in [-0.2, -0.15) is 0 Å². The topological polar surface area (TPSA) is 41.1 Å². The minimum absolute atomic E-state index is 0.154. The van der Waals surface area contributed by atoms with E-state index in [9.17, 15) is 4.79 Å². The molecule has 2 aliphatic carbocycles. The summed E-state index contributed by atoms with van der Waals surface area (Å²) in [6.07, 6.45) is 6.19. The van der Waals surface area contributed by atoms with E-state index in [1.54, 1.807) is 0 Å². The molecule has 2 fully saturated rings.